The summed E-state index contributed by atoms with van der Waals surface area (Å²) in [5.74, 6) is -0.600. The zero-order chi connectivity index (χ0) is 18.8. The third-order valence-corrected chi connectivity index (χ3v) is 5.54. The number of nitro groups is 1. The summed E-state index contributed by atoms with van der Waals surface area (Å²) in [6.45, 7) is 0. The molecule has 134 valence electrons. The molecule has 0 bridgehead atoms. The first kappa shape index (κ1) is 18.4. The maximum absolute atomic E-state index is 12.8. The maximum atomic E-state index is 12.8. The molecule has 1 atom stereocenters. The van der Waals surface area contributed by atoms with Gasteiger partial charge in [0.25, 0.3) is 5.69 Å². The zero-order valence-corrected chi connectivity index (χ0v) is 16.0. The molecule has 2 aromatic carbocycles. The minimum atomic E-state index is -0.590. The van der Waals surface area contributed by atoms with E-state index in [-0.39, 0.29) is 23.5 Å². The lowest BCUT2D eigenvalue weighted by Gasteiger charge is -2.17. The molecule has 0 unspecified atom stereocenters. The Morgan fingerprint density at radius 3 is 2.54 bits per heavy atom. The topological polar surface area (TPSA) is 89.8 Å². The summed E-state index contributed by atoms with van der Waals surface area (Å²) in [5.41, 5.74) is -0.124. The van der Waals surface area contributed by atoms with E-state index in [1.54, 1.807) is 0 Å². The van der Waals surface area contributed by atoms with Crippen molar-refractivity contribution in [1.29, 1.82) is 0 Å². The maximum Gasteiger partial charge on any atom is 0.271 e. The SMILES string of the molecule is COc1ccc([N+](=O)[O-])cc1N1C(=O)C[C@H](Sc2ccc(Br)cc2)C1=O. The number of ether oxygens (including phenoxy) is 1. The van der Waals surface area contributed by atoms with E-state index < -0.39 is 22.0 Å². The van der Waals surface area contributed by atoms with E-state index in [0.717, 1.165) is 14.3 Å². The monoisotopic (exact) mass is 436 g/mol. The van der Waals surface area contributed by atoms with E-state index in [0.29, 0.717) is 0 Å². The molecule has 26 heavy (non-hydrogen) atoms. The lowest BCUT2D eigenvalue weighted by atomic mass is 10.2. The number of hydrogen-bond donors (Lipinski definition) is 0. The molecule has 9 heteroatoms. The van der Waals surface area contributed by atoms with Gasteiger partial charge in [-0.3, -0.25) is 19.7 Å². The quantitative estimate of drug-likeness (QED) is 0.402. The molecule has 0 saturated carbocycles. The summed E-state index contributed by atoms with van der Waals surface area (Å²) in [7, 11) is 1.38. The molecule has 1 aliphatic rings. The highest BCUT2D eigenvalue weighted by atomic mass is 79.9. The van der Waals surface area contributed by atoms with E-state index in [4.69, 9.17) is 4.74 Å². The van der Waals surface area contributed by atoms with Crippen LogP contribution in [-0.4, -0.2) is 29.1 Å². The Kier molecular flexibility index (Phi) is 5.28. The summed E-state index contributed by atoms with van der Waals surface area (Å²) in [6.07, 6.45) is 0.0193. The van der Waals surface area contributed by atoms with E-state index in [1.165, 1.54) is 37.1 Å². The van der Waals surface area contributed by atoms with Gasteiger partial charge in [-0.05, 0) is 30.3 Å². The molecule has 0 radical (unpaired) electrons. The first-order valence-electron chi connectivity index (χ1n) is 7.52. The number of halogens is 1. The average molecular weight is 437 g/mol. The van der Waals surface area contributed by atoms with Gasteiger partial charge in [-0.15, -0.1) is 11.8 Å². The minimum absolute atomic E-state index is 0.0193. The largest absolute Gasteiger partial charge is 0.495 e. The van der Waals surface area contributed by atoms with Gasteiger partial charge in [0.1, 0.15) is 11.4 Å². The van der Waals surface area contributed by atoms with Crippen molar-refractivity contribution < 1.29 is 19.2 Å². The highest BCUT2D eigenvalue weighted by Crippen LogP contribution is 2.39. The Morgan fingerprint density at radius 1 is 1.23 bits per heavy atom. The number of carbonyl (C=O) groups excluding carboxylic acids is 2. The molecule has 0 spiro atoms. The fraction of sp³-hybridized carbons (Fsp3) is 0.176. The van der Waals surface area contributed by atoms with Crippen LogP contribution in [0.3, 0.4) is 0 Å². The second-order valence-electron chi connectivity index (χ2n) is 5.45. The predicted octanol–water partition coefficient (Wildman–Crippen LogP) is 3.79. The highest BCUT2D eigenvalue weighted by molar-refractivity contribution is 9.10. The molecule has 0 aromatic heterocycles. The van der Waals surface area contributed by atoms with Gasteiger partial charge in [-0.25, -0.2) is 4.90 Å². The Labute approximate surface area is 161 Å². The lowest BCUT2D eigenvalue weighted by molar-refractivity contribution is -0.384. The van der Waals surface area contributed by atoms with Gasteiger partial charge in [0.2, 0.25) is 11.8 Å². The van der Waals surface area contributed by atoms with Crippen LogP contribution in [0.5, 0.6) is 5.75 Å². The van der Waals surface area contributed by atoms with E-state index in [1.807, 2.05) is 24.3 Å². The number of amides is 2. The second-order valence-corrected chi connectivity index (χ2v) is 7.64. The van der Waals surface area contributed by atoms with Crippen LogP contribution in [0.2, 0.25) is 0 Å². The highest BCUT2D eigenvalue weighted by Gasteiger charge is 2.41. The first-order valence-corrected chi connectivity index (χ1v) is 9.19. The Hall–Kier alpha value is -2.39. The molecule has 1 heterocycles. The van der Waals surface area contributed by atoms with E-state index in [9.17, 15) is 19.7 Å². The van der Waals surface area contributed by atoms with Crippen molar-refractivity contribution in [1.82, 2.24) is 0 Å². The molecule has 1 saturated heterocycles. The number of nitrogens with zero attached hydrogens (tertiary/aromatic N) is 2. The molecule has 7 nitrogen and oxygen atoms in total. The van der Waals surface area contributed by atoms with E-state index >= 15 is 0 Å². The smallest absolute Gasteiger partial charge is 0.271 e. The normalized spacial score (nSPS) is 16.8. The summed E-state index contributed by atoms with van der Waals surface area (Å²) in [5, 5.41) is 10.4. The summed E-state index contributed by atoms with van der Waals surface area (Å²) in [6, 6.07) is 11.2. The zero-order valence-electron chi connectivity index (χ0n) is 13.5. The van der Waals surface area contributed by atoms with Crippen LogP contribution in [-0.2, 0) is 9.59 Å². The first-order chi connectivity index (χ1) is 12.4. The molecule has 1 aliphatic heterocycles. The third-order valence-electron chi connectivity index (χ3n) is 3.81. The van der Waals surface area contributed by atoms with E-state index in [2.05, 4.69) is 15.9 Å². The van der Waals surface area contributed by atoms with Gasteiger partial charge >= 0.3 is 0 Å². The van der Waals surface area contributed by atoms with Gasteiger partial charge in [0.15, 0.2) is 0 Å². The standard InChI is InChI=1S/C17H13BrN2O5S/c1-25-14-7-4-11(20(23)24)8-13(14)19-16(21)9-15(17(19)22)26-12-5-2-10(18)3-6-12/h2-8,15H,9H2,1H3/t15-/m0/s1. The number of nitro benzene ring substituents is 1. The number of carbonyl (C=O) groups is 2. The predicted molar refractivity (Wildman–Crippen MR) is 101 cm³/mol. The number of hydrogen-bond acceptors (Lipinski definition) is 6. The molecule has 3 rings (SSSR count). The van der Waals surface area contributed by atoms with Gasteiger partial charge < -0.3 is 4.74 Å². The van der Waals surface area contributed by atoms with Crippen molar-refractivity contribution in [2.24, 2.45) is 0 Å². The third kappa shape index (κ3) is 3.58. The van der Waals surface area contributed by atoms with Gasteiger partial charge in [-0.2, -0.15) is 0 Å². The summed E-state index contributed by atoms with van der Waals surface area (Å²) >= 11 is 4.63. The van der Waals surface area contributed by atoms with Crippen LogP contribution in [0, 0.1) is 10.1 Å². The number of benzene rings is 2. The lowest BCUT2D eigenvalue weighted by Crippen LogP contribution is -2.31. The Bertz CT molecular complexity index is 887. The van der Waals surface area contributed by atoms with Gasteiger partial charge in [0, 0.05) is 27.9 Å². The number of thioether (sulfide) groups is 1. The van der Waals surface area contributed by atoms with Crippen LogP contribution >= 0.6 is 27.7 Å². The molecular weight excluding hydrogens is 424 g/mol. The van der Waals surface area contributed by atoms with Crippen molar-refractivity contribution in [3.05, 3.63) is 57.1 Å². The van der Waals surface area contributed by atoms with Crippen molar-refractivity contribution in [2.75, 3.05) is 12.0 Å². The van der Waals surface area contributed by atoms with Gasteiger partial charge in [-0.1, -0.05) is 15.9 Å². The minimum Gasteiger partial charge on any atom is -0.495 e. The summed E-state index contributed by atoms with van der Waals surface area (Å²) in [4.78, 5) is 37.5. The van der Waals surface area contributed by atoms with Crippen LogP contribution in [0.4, 0.5) is 11.4 Å². The summed E-state index contributed by atoms with van der Waals surface area (Å²) < 4.78 is 6.09. The molecule has 0 aliphatic carbocycles. The van der Waals surface area contributed by atoms with Crippen LogP contribution in [0.15, 0.2) is 51.8 Å². The van der Waals surface area contributed by atoms with Crippen molar-refractivity contribution in [3.8, 4) is 5.75 Å². The average Bonchev–Trinajstić information content (AvgIpc) is 2.89. The number of anilines is 1. The van der Waals surface area contributed by atoms with Crippen molar-refractivity contribution in [2.45, 2.75) is 16.6 Å². The molecule has 2 amide bonds. The fourth-order valence-corrected chi connectivity index (χ4v) is 3.91. The fourth-order valence-electron chi connectivity index (χ4n) is 2.59. The second kappa shape index (κ2) is 7.46. The number of rotatable bonds is 5. The van der Waals surface area contributed by atoms with Crippen LogP contribution in [0.25, 0.3) is 0 Å². The number of methoxy groups -OCH3 is 1. The van der Waals surface area contributed by atoms with Crippen LogP contribution < -0.4 is 9.64 Å². The molecule has 2 aromatic rings. The molecule has 0 N–H and O–H groups in total. The Balaban J connectivity index is 1.90. The van der Waals surface area contributed by atoms with Crippen molar-refractivity contribution in [3.63, 3.8) is 0 Å². The number of non-ortho nitro benzene ring substituents is 1. The van der Waals surface area contributed by atoms with Gasteiger partial charge in [0.05, 0.1) is 17.3 Å². The molecule has 1 fully saturated rings. The molecular formula is C17H13BrN2O5S. The van der Waals surface area contributed by atoms with Crippen LogP contribution in [0.1, 0.15) is 6.42 Å². The van der Waals surface area contributed by atoms with Crippen molar-refractivity contribution >= 4 is 50.9 Å². The number of imide groups is 1. The Morgan fingerprint density at radius 2 is 1.92 bits per heavy atom.